The van der Waals surface area contributed by atoms with Crippen molar-refractivity contribution in [2.45, 2.75) is 0 Å². The molecule has 82 valence electrons. The molecule has 0 atom stereocenters. The number of carbonyl (C=O) groups excluding carboxylic acids is 1. The third-order valence-electron chi connectivity index (χ3n) is 2.30. The minimum atomic E-state index is -0.367. The number of nitriles is 1. The zero-order valence-corrected chi connectivity index (χ0v) is 8.71. The Kier molecular flexibility index (Phi) is 2.84. The molecule has 1 aromatic heterocycles. The summed E-state index contributed by atoms with van der Waals surface area (Å²) in [5.74, 6) is 0. The SMILES string of the molecule is N#CC=Cc1ccc2occ(C=O)c(=O)c2c1. The van der Waals surface area contributed by atoms with Crippen molar-refractivity contribution in [2.24, 2.45) is 0 Å². The number of fused-ring (bicyclic) bond motifs is 1. The van der Waals surface area contributed by atoms with Crippen molar-refractivity contribution in [1.29, 1.82) is 5.26 Å². The fraction of sp³-hybridized carbons (Fsp3) is 0. The van der Waals surface area contributed by atoms with E-state index in [2.05, 4.69) is 0 Å². The molecule has 0 spiro atoms. The van der Waals surface area contributed by atoms with E-state index in [1.54, 1.807) is 24.3 Å². The quantitative estimate of drug-likeness (QED) is 0.579. The van der Waals surface area contributed by atoms with E-state index in [4.69, 9.17) is 9.68 Å². The minimum Gasteiger partial charge on any atom is -0.463 e. The average Bonchev–Trinajstić information content (AvgIpc) is 2.37. The molecule has 0 fully saturated rings. The van der Waals surface area contributed by atoms with E-state index in [0.717, 1.165) is 6.26 Å². The van der Waals surface area contributed by atoms with Gasteiger partial charge < -0.3 is 4.42 Å². The Labute approximate surface area is 96.4 Å². The van der Waals surface area contributed by atoms with Crippen LogP contribution in [0.15, 0.2) is 39.7 Å². The molecule has 0 aliphatic carbocycles. The van der Waals surface area contributed by atoms with Crippen LogP contribution in [0.5, 0.6) is 0 Å². The molecule has 0 N–H and O–H groups in total. The van der Waals surface area contributed by atoms with Crippen LogP contribution in [-0.4, -0.2) is 6.29 Å². The summed E-state index contributed by atoms with van der Waals surface area (Å²) in [4.78, 5) is 22.4. The van der Waals surface area contributed by atoms with Crippen molar-refractivity contribution >= 4 is 23.3 Å². The second-order valence-electron chi connectivity index (χ2n) is 3.36. The first kappa shape index (κ1) is 10.8. The van der Waals surface area contributed by atoms with Crippen molar-refractivity contribution in [3.63, 3.8) is 0 Å². The van der Waals surface area contributed by atoms with E-state index >= 15 is 0 Å². The number of carbonyl (C=O) groups is 1. The lowest BCUT2D eigenvalue weighted by Crippen LogP contribution is -2.07. The van der Waals surface area contributed by atoms with Crippen LogP contribution in [0.2, 0.25) is 0 Å². The molecule has 17 heavy (non-hydrogen) atoms. The molecule has 0 aliphatic heterocycles. The summed E-state index contributed by atoms with van der Waals surface area (Å²) in [7, 11) is 0. The highest BCUT2D eigenvalue weighted by Gasteiger charge is 2.05. The molecule has 4 nitrogen and oxygen atoms in total. The number of aldehydes is 1. The van der Waals surface area contributed by atoms with E-state index in [1.807, 2.05) is 6.07 Å². The maximum absolute atomic E-state index is 11.8. The van der Waals surface area contributed by atoms with E-state index < -0.39 is 0 Å². The Hall–Kier alpha value is -2.67. The predicted octanol–water partition coefficient (Wildman–Crippen LogP) is 2.14. The van der Waals surface area contributed by atoms with Crippen LogP contribution in [0.25, 0.3) is 17.0 Å². The Morgan fingerprint density at radius 2 is 2.18 bits per heavy atom. The van der Waals surface area contributed by atoms with Gasteiger partial charge in [0.1, 0.15) is 11.8 Å². The average molecular weight is 225 g/mol. The van der Waals surface area contributed by atoms with Gasteiger partial charge in [-0.05, 0) is 23.8 Å². The predicted molar refractivity (Wildman–Crippen MR) is 62.5 cm³/mol. The van der Waals surface area contributed by atoms with Crippen molar-refractivity contribution in [2.75, 3.05) is 0 Å². The Bertz CT molecular complexity index is 705. The number of benzene rings is 1. The summed E-state index contributed by atoms with van der Waals surface area (Å²) in [5.41, 5.74) is 0.733. The van der Waals surface area contributed by atoms with Crippen molar-refractivity contribution < 1.29 is 9.21 Å². The zero-order chi connectivity index (χ0) is 12.3. The molecule has 0 amide bonds. The first-order valence-electron chi connectivity index (χ1n) is 4.83. The Morgan fingerprint density at radius 1 is 1.35 bits per heavy atom. The normalized spacial score (nSPS) is 10.5. The van der Waals surface area contributed by atoms with Gasteiger partial charge in [-0.1, -0.05) is 6.07 Å². The van der Waals surface area contributed by atoms with Gasteiger partial charge in [0, 0.05) is 6.08 Å². The monoisotopic (exact) mass is 225 g/mol. The number of allylic oxidation sites excluding steroid dienone is 1. The summed E-state index contributed by atoms with van der Waals surface area (Å²) in [6, 6.07) is 6.80. The Morgan fingerprint density at radius 3 is 2.88 bits per heavy atom. The summed E-state index contributed by atoms with van der Waals surface area (Å²) in [5, 5.41) is 8.74. The first-order chi connectivity index (χ1) is 8.26. The van der Waals surface area contributed by atoms with Gasteiger partial charge >= 0.3 is 0 Å². The molecule has 2 rings (SSSR count). The molecule has 1 aromatic carbocycles. The third kappa shape index (κ3) is 1.99. The maximum Gasteiger partial charge on any atom is 0.203 e. The lowest BCUT2D eigenvalue weighted by atomic mass is 10.1. The molecule has 0 unspecified atom stereocenters. The van der Waals surface area contributed by atoms with E-state index in [1.165, 1.54) is 6.08 Å². The number of hydrogen-bond donors (Lipinski definition) is 0. The van der Waals surface area contributed by atoms with Gasteiger partial charge in [-0.3, -0.25) is 9.59 Å². The molecule has 0 bridgehead atoms. The lowest BCUT2D eigenvalue weighted by Gasteiger charge is -1.98. The fourth-order valence-corrected chi connectivity index (χ4v) is 1.48. The van der Waals surface area contributed by atoms with E-state index in [0.29, 0.717) is 22.8 Å². The second-order valence-corrected chi connectivity index (χ2v) is 3.36. The van der Waals surface area contributed by atoms with E-state index in [-0.39, 0.29) is 11.0 Å². The van der Waals surface area contributed by atoms with Gasteiger partial charge in [-0.25, -0.2) is 0 Å². The topological polar surface area (TPSA) is 71.1 Å². The first-order valence-corrected chi connectivity index (χ1v) is 4.83. The molecular formula is C13H7NO3. The molecule has 0 saturated carbocycles. The van der Waals surface area contributed by atoms with Crippen LogP contribution < -0.4 is 5.43 Å². The van der Waals surface area contributed by atoms with Crippen LogP contribution in [0.1, 0.15) is 15.9 Å². The van der Waals surface area contributed by atoms with E-state index in [9.17, 15) is 9.59 Å². The van der Waals surface area contributed by atoms with Gasteiger partial charge in [-0.2, -0.15) is 5.26 Å². The van der Waals surface area contributed by atoms with Gasteiger partial charge in [0.05, 0.1) is 17.0 Å². The maximum atomic E-state index is 11.8. The second kappa shape index (κ2) is 4.45. The van der Waals surface area contributed by atoms with Gasteiger partial charge in [0.15, 0.2) is 6.29 Å². The van der Waals surface area contributed by atoms with Crippen molar-refractivity contribution in [3.05, 3.63) is 51.9 Å². The lowest BCUT2D eigenvalue weighted by molar-refractivity contribution is 0.112. The molecule has 4 heteroatoms. The molecular weight excluding hydrogens is 218 g/mol. The smallest absolute Gasteiger partial charge is 0.203 e. The molecule has 0 saturated heterocycles. The van der Waals surface area contributed by atoms with Gasteiger partial charge in [0.25, 0.3) is 0 Å². The minimum absolute atomic E-state index is 0.0149. The van der Waals surface area contributed by atoms with Crippen LogP contribution in [0.4, 0.5) is 0 Å². The van der Waals surface area contributed by atoms with Gasteiger partial charge in [0.2, 0.25) is 5.43 Å². The molecule has 1 heterocycles. The Balaban J connectivity index is 2.71. The summed E-state index contributed by atoms with van der Waals surface area (Å²) >= 11 is 0. The van der Waals surface area contributed by atoms with Crippen LogP contribution >= 0.6 is 0 Å². The molecule has 2 aromatic rings. The third-order valence-corrected chi connectivity index (χ3v) is 2.30. The highest BCUT2D eigenvalue weighted by Crippen LogP contribution is 2.14. The van der Waals surface area contributed by atoms with Crippen LogP contribution in [-0.2, 0) is 0 Å². The van der Waals surface area contributed by atoms with Crippen LogP contribution in [0.3, 0.4) is 0 Å². The summed E-state index contributed by atoms with van der Waals surface area (Å²) in [6.45, 7) is 0. The zero-order valence-electron chi connectivity index (χ0n) is 8.71. The number of rotatable bonds is 2. The van der Waals surface area contributed by atoms with Crippen LogP contribution in [0, 0.1) is 11.3 Å². The number of hydrogen-bond acceptors (Lipinski definition) is 4. The standard InChI is InChI=1S/C13H7NO3/c14-5-1-2-9-3-4-12-11(6-9)13(16)10(7-15)8-17-12/h1-4,6-8H. The largest absolute Gasteiger partial charge is 0.463 e. The summed E-state index contributed by atoms with van der Waals surface area (Å²) in [6.07, 6.45) is 4.49. The summed E-state index contributed by atoms with van der Waals surface area (Å²) < 4.78 is 5.15. The highest BCUT2D eigenvalue weighted by atomic mass is 16.3. The molecule has 0 aliphatic rings. The molecule has 0 radical (unpaired) electrons. The van der Waals surface area contributed by atoms with Crippen molar-refractivity contribution in [1.82, 2.24) is 0 Å². The fourth-order valence-electron chi connectivity index (χ4n) is 1.48. The van der Waals surface area contributed by atoms with Crippen molar-refractivity contribution in [3.8, 4) is 6.07 Å². The highest BCUT2D eigenvalue weighted by molar-refractivity contribution is 5.85. The van der Waals surface area contributed by atoms with Gasteiger partial charge in [-0.15, -0.1) is 0 Å². The number of nitrogens with zero attached hydrogens (tertiary/aromatic N) is 1.